The molecule has 6 heteroatoms. The number of nitrogens with one attached hydrogen (secondary N) is 1. The van der Waals surface area contributed by atoms with E-state index in [2.05, 4.69) is 4.72 Å². The van der Waals surface area contributed by atoms with Crippen LogP contribution in [0.4, 0.5) is 0 Å². The molecule has 0 heterocycles. The minimum atomic E-state index is -3.67. The van der Waals surface area contributed by atoms with E-state index in [1.807, 2.05) is 54.6 Å². The fourth-order valence-electron chi connectivity index (χ4n) is 1.79. The first-order valence-corrected chi connectivity index (χ1v) is 7.65. The molecule has 20 heavy (non-hydrogen) atoms. The van der Waals surface area contributed by atoms with Crippen LogP contribution in [0, 0.1) is 0 Å². The predicted molar refractivity (Wildman–Crippen MR) is 78.5 cm³/mol. The molecule has 2 rings (SSSR count). The van der Waals surface area contributed by atoms with Gasteiger partial charge in [-0.25, -0.2) is 5.14 Å². The quantitative estimate of drug-likeness (QED) is 0.792. The summed E-state index contributed by atoms with van der Waals surface area (Å²) < 4.78 is 29.3. The molecule has 0 aliphatic heterocycles. The molecule has 106 valence electrons. The van der Waals surface area contributed by atoms with Crippen molar-refractivity contribution < 1.29 is 13.2 Å². The number of hydrogen-bond donors (Lipinski definition) is 2. The normalized spacial score (nSPS) is 11.2. The average molecular weight is 292 g/mol. The predicted octanol–water partition coefficient (Wildman–Crippen LogP) is 1.53. The minimum Gasteiger partial charge on any atom is -0.492 e. The zero-order chi connectivity index (χ0) is 14.4. The molecule has 0 aromatic heterocycles. The van der Waals surface area contributed by atoms with Crippen LogP contribution in [0.2, 0.25) is 0 Å². The van der Waals surface area contributed by atoms with Gasteiger partial charge < -0.3 is 4.74 Å². The summed E-state index contributed by atoms with van der Waals surface area (Å²) in [5.41, 5.74) is 2.01. The Hall–Kier alpha value is -1.89. The van der Waals surface area contributed by atoms with Gasteiger partial charge in [-0.05, 0) is 11.6 Å². The van der Waals surface area contributed by atoms with Crippen LogP contribution in [-0.2, 0) is 10.2 Å². The van der Waals surface area contributed by atoms with E-state index in [1.165, 1.54) is 0 Å². The van der Waals surface area contributed by atoms with E-state index in [4.69, 9.17) is 9.88 Å². The van der Waals surface area contributed by atoms with Crippen LogP contribution in [0.15, 0.2) is 54.6 Å². The molecule has 3 N–H and O–H groups in total. The number of rotatable bonds is 6. The molecule has 0 saturated heterocycles. The highest BCUT2D eigenvalue weighted by Crippen LogP contribution is 2.29. The van der Waals surface area contributed by atoms with Crippen LogP contribution < -0.4 is 14.6 Å². The second kappa shape index (κ2) is 6.51. The van der Waals surface area contributed by atoms with E-state index in [9.17, 15) is 8.42 Å². The van der Waals surface area contributed by atoms with Gasteiger partial charge in [0.25, 0.3) is 10.2 Å². The molecular weight excluding hydrogens is 276 g/mol. The Bertz CT molecular complexity index is 657. The van der Waals surface area contributed by atoms with Gasteiger partial charge >= 0.3 is 0 Å². The largest absolute Gasteiger partial charge is 0.492 e. The van der Waals surface area contributed by atoms with Crippen molar-refractivity contribution >= 4 is 10.2 Å². The van der Waals surface area contributed by atoms with Crippen LogP contribution in [0.25, 0.3) is 11.1 Å². The molecule has 0 aliphatic rings. The lowest BCUT2D eigenvalue weighted by Gasteiger charge is -2.11. The average Bonchev–Trinajstić information content (AvgIpc) is 2.44. The molecule has 0 spiro atoms. The highest BCUT2D eigenvalue weighted by Gasteiger charge is 2.05. The van der Waals surface area contributed by atoms with Crippen molar-refractivity contribution in [1.82, 2.24) is 4.72 Å². The smallest absolute Gasteiger partial charge is 0.274 e. The second-order valence-electron chi connectivity index (χ2n) is 4.15. The third-order valence-corrected chi connectivity index (χ3v) is 3.24. The molecule has 0 saturated carbocycles. The monoisotopic (exact) mass is 292 g/mol. The number of ether oxygens (including phenoxy) is 1. The number of para-hydroxylation sites is 1. The summed E-state index contributed by atoms with van der Waals surface area (Å²) in [6.45, 7) is 0.336. The summed E-state index contributed by atoms with van der Waals surface area (Å²) in [7, 11) is -3.67. The van der Waals surface area contributed by atoms with Gasteiger partial charge in [0, 0.05) is 12.1 Å². The van der Waals surface area contributed by atoms with Gasteiger partial charge in [0.05, 0.1) is 0 Å². The Balaban J connectivity index is 2.06. The van der Waals surface area contributed by atoms with Gasteiger partial charge in [0.15, 0.2) is 0 Å². The number of benzene rings is 2. The van der Waals surface area contributed by atoms with Gasteiger partial charge in [0.2, 0.25) is 0 Å². The van der Waals surface area contributed by atoms with Gasteiger partial charge in [-0.3, -0.25) is 0 Å². The van der Waals surface area contributed by atoms with E-state index < -0.39 is 10.2 Å². The summed E-state index contributed by atoms with van der Waals surface area (Å²) in [4.78, 5) is 0. The molecule has 5 nitrogen and oxygen atoms in total. The highest BCUT2D eigenvalue weighted by molar-refractivity contribution is 7.87. The van der Waals surface area contributed by atoms with E-state index in [1.54, 1.807) is 0 Å². The fraction of sp³-hybridized carbons (Fsp3) is 0.143. The van der Waals surface area contributed by atoms with Gasteiger partial charge in [-0.15, -0.1) is 0 Å². The summed E-state index contributed by atoms with van der Waals surface area (Å²) in [6, 6.07) is 17.4. The Kier molecular flexibility index (Phi) is 4.73. The van der Waals surface area contributed by atoms with Crippen LogP contribution in [0.5, 0.6) is 5.75 Å². The highest BCUT2D eigenvalue weighted by atomic mass is 32.2. The first kappa shape index (κ1) is 14.5. The summed E-state index contributed by atoms with van der Waals surface area (Å²) in [5.74, 6) is 0.704. The van der Waals surface area contributed by atoms with E-state index in [0.29, 0.717) is 5.75 Å². The molecule has 2 aromatic rings. The maximum atomic E-state index is 10.7. The topological polar surface area (TPSA) is 81.4 Å². The Morgan fingerprint density at radius 2 is 1.65 bits per heavy atom. The van der Waals surface area contributed by atoms with Gasteiger partial charge in [-0.1, -0.05) is 48.5 Å². The van der Waals surface area contributed by atoms with Crippen LogP contribution >= 0.6 is 0 Å². The third-order valence-electron chi connectivity index (χ3n) is 2.63. The van der Waals surface area contributed by atoms with E-state index in [-0.39, 0.29) is 13.2 Å². The van der Waals surface area contributed by atoms with Crippen molar-refractivity contribution in [1.29, 1.82) is 0 Å². The molecule has 0 unspecified atom stereocenters. The van der Waals surface area contributed by atoms with Crippen molar-refractivity contribution in [3.05, 3.63) is 54.6 Å². The first-order valence-electron chi connectivity index (χ1n) is 6.11. The fourth-order valence-corrected chi connectivity index (χ4v) is 2.16. The standard InChI is InChI=1S/C14H16N2O3S/c15-20(17,18)16-10-11-19-14-9-5-4-8-13(14)12-6-2-1-3-7-12/h1-9,16H,10-11H2,(H2,15,17,18). The lowest BCUT2D eigenvalue weighted by molar-refractivity contribution is 0.324. The maximum Gasteiger partial charge on any atom is 0.274 e. The zero-order valence-electron chi connectivity index (χ0n) is 10.8. The zero-order valence-corrected chi connectivity index (χ0v) is 11.6. The lowest BCUT2D eigenvalue weighted by Crippen LogP contribution is -2.33. The van der Waals surface area contributed by atoms with Crippen molar-refractivity contribution in [2.75, 3.05) is 13.2 Å². The van der Waals surface area contributed by atoms with E-state index in [0.717, 1.165) is 11.1 Å². The molecular formula is C14H16N2O3S. The lowest BCUT2D eigenvalue weighted by atomic mass is 10.1. The summed E-state index contributed by atoms with van der Waals surface area (Å²) >= 11 is 0. The van der Waals surface area contributed by atoms with Crippen LogP contribution in [-0.4, -0.2) is 21.6 Å². The van der Waals surface area contributed by atoms with Gasteiger partial charge in [-0.2, -0.15) is 13.1 Å². The molecule has 0 atom stereocenters. The van der Waals surface area contributed by atoms with Crippen molar-refractivity contribution in [3.8, 4) is 16.9 Å². The molecule has 0 amide bonds. The van der Waals surface area contributed by atoms with E-state index >= 15 is 0 Å². The maximum absolute atomic E-state index is 10.7. The number of hydrogen-bond acceptors (Lipinski definition) is 3. The summed E-state index contributed by atoms with van der Waals surface area (Å²) in [5, 5.41) is 4.84. The molecule has 0 bridgehead atoms. The van der Waals surface area contributed by atoms with Crippen molar-refractivity contribution in [2.24, 2.45) is 5.14 Å². The molecule has 0 aliphatic carbocycles. The second-order valence-corrected chi connectivity index (χ2v) is 5.53. The minimum absolute atomic E-state index is 0.127. The van der Waals surface area contributed by atoms with Gasteiger partial charge in [0.1, 0.15) is 12.4 Å². The van der Waals surface area contributed by atoms with Crippen molar-refractivity contribution in [2.45, 2.75) is 0 Å². The van der Waals surface area contributed by atoms with Crippen molar-refractivity contribution in [3.63, 3.8) is 0 Å². The Labute approximate surface area is 118 Å². The Morgan fingerprint density at radius 1 is 1.00 bits per heavy atom. The summed E-state index contributed by atoms with van der Waals surface area (Å²) in [6.07, 6.45) is 0. The molecule has 2 aromatic carbocycles. The number of nitrogens with two attached hydrogens (primary N) is 1. The Morgan fingerprint density at radius 3 is 2.35 bits per heavy atom. The first-order chi connectivity index (χ1) is 9.56. The van der Waals surface area contributed by atoms with Crippen LogP contribution in [0.1, 0.15) is 0 Å². The third kappa shape index (κ3) is 4.34. The molecule has 0 radical (unpaired) electrons. The SMILES string of the molecule is NS(=O)(=O)NCCOc1ccccc1-c1ccccc1. The molecule has 0 fully saturated rings. The van der Waals surface area contributed by atoms with Crippen LogP contribution in [0.3, 0.4) is 0 Å².